The Labute approximate surface area is 190 Å². The van der Waals surface area contributed by atoms with Gasteiger partial charge < -0.3 is 10.1 Å². The molecule has 2 unspecified atom stereocenters. The van der Waals surface area contributed by atoms with Crippen LogP contribution in [0.2, 0.25) is 0 Å². The molecule has 1 amide bonds. The second-order valence-corrected chi connectivity index (χ2v) is 10.4. The van der Waals surface area contributed by atoms with E-state index in [1.54, 1.807) is 30.3 Å². The number of hydrogen-bond donors (Lipinski definition) is 1. The highest BCUT2D eigenvalue weighted by molar-refractivity contribution is 7.89. The molecule has 0 saturated carbocycles. The summed E-state index contributed by atoms with van der Waals surface area (Å²) in [5, 5.41) is 2.95. The van der Waals surface area contributed by atoms with Crippen molar-refractivity contribution in [3.05, 3.63) is 65.7 Å². The highest BCUT2D eigenvalue weighted by atomic mass is 32.2. The third-order valence-corrected chi connectivity index (χ3v) is 7.97. The van der Waals surface area contributed by atoms with E-state index in [1.165, 1.54) is 9.87 Å². The van der Waals surface area contributed by atoms with E-state index in [9.17, 15) is 13.2 Å². The van der Waals surface area contributed by atoms with Gasteiger partial charge in [0.1, 0.15) is 6.04 Å². The van der Waals surface area contributed by atoms with Crippen LogP contribution < -0.4 is 5.32 Å². The lowest BCUT2D eigenvalue weighted by Crippen LogP contribution is -2.45. The lowest BCUT2D eigenvalue weighted by molar-refractivity contribution is -0.124. The maximum Gasteiger partial charge on any atom is 0.243 e. The Kier molecular flexibility index (Phi) is 7.25. The molecule has 7 nitrogen and oxygen atoms in total. The number of ether oxygens (including phenoxy) is 1. The molecule has 4 rings (SSSR count). The number of sulfonamides is 1. The minimum Gasteiger partial charge on any atom is -0.376 e. The van der Waals surface area contributed by atoms with Crippen LogP contribution in [0.4, 0.5) is 0 Å². The number of amides is 1. The molecule has 2 aromatic rings. The van der Waals surface area contributed by atoms with Crippen molar-refractivity contribution in [2.45, 2.75) is 49.9 Å². The molecule has 0 radical (unpaired) electrons. The van der Waals surface area contributed by atoms with Gasteiger partial charge in [0.05, 0.1) is 17.6 Å². The van der Waals surface area contributed by atoms with E-state index in [-0.39, 0.29) is 16.9 Å². The highest BCUT2D eigenvalue weighted by Gasteiger charge is 2.39. The van der Waals surface area contributed by atoms with Gasteiger partial charge in [0, 0.05) is 32.7 Å². The van der Waals surface area contributed by atoms with Crippen LogP contribution in [0.3, 0.4) is 0 Å². The molecule has 2 aliphatic rings. The Hall–Kier alpha value is -2.26. The quantitative estimate of drug-likeness (QED) is 0.691. The molecule has 8 heteroatoms. The summed E-state index contributed by atoms with van der Waals surface area (Å²) in [6.45, 7) is 6.25. The van der Waals surface area contributed by atoms with Gasteiger partial charge in [0.2, 0.25) is 15.9 Å². The first-order valence-corrected chi connectivity index (χ1v) is 12.6. The standard InChI is InChI=1S/C24H31N3O4S/c1-19-17-26(13-14-31-19)18-21-8-5-7-20(15-21)16-25-24(28)23-11-6-12-27(23)32(29,30)22-9-3-2-4-10-22/h2-5,7-10,15,19,23H,6,11-14,16-18H2,1H3,(H,25,28). The molecule has 1 N–H and O–H groups in total. The minimum atomic E-state index is -3.69. The number of benzene rings is 2. The van der Waals surface area contributed by atoms with Crippen molar-refractivity contribution >= 4 is 15.9 Å². The molecule has 0 bridgehead atoms. The van der Waals surface area contributed by atoms with Gasteiger partial charge in [-0.25, -0.2) is 8.42 Å². The van der Waals surface area contributed by atoms with Gasteiger partial charge in [-0.1, -0.05) is 42.5 Å². The van der Waals surface area contributed by atoms with E-state index in [1.807, 2.05) is 12.1 Å². The molecular weight excluding hydrogens is 426 g/mol. The predicted octanol–water partition coefficient (Wildman–Crippen LogP) is 2.38. The predicted molar refractivity (Wildman–Crippen MR) is 122 cm³/mol. The Morgan fingerprint density at radius 2 is 1.88 bits per heavy atom. The van der Waals surface area contributed by atoms with Crippen molar-refractivity contribution in [3.63, 3.8) is 0 Å². The number of carbonyl (C=O) groups is 1. The first-order valence-electron chi connectivity index (χ1n) is 11.2. The molecular formula is C24H31N3O4S. The van der Waals surface area contributed by atoms with Crippen LogP contribution in [0.15, 0.2) is 59.5 Å². The third kappa shape index (κ3) is 5.38. The Morgan fingerprint density at radius 3 is 2.66 bits per heavy atom. The number of carbonyl (C=O) groups excluding carboxylic acids is 1. The summed E-state index contributed by atoms with van der Waals surface area (Å²) in [7, 11) is -3.69. The normalized spacial score (nSPS) is 22.7. The maximum atomic E-state index is 13.0. The zero-order valence-corrected chi connectivity index (χ0v) is 19.3. The molecule has 2 aliphatic heterocycles. The van der Waals surface area contributed by atoms with E-state index >= 15 is 0 Å². The number of hydrogen-bond acceptors (Lipinski definition) is 5. The van der Waals surface area contributed by atoms with Crippen molar-refractivity contribution in [1.29, 1.82) is 0 Å². The lowest BCUT2D eigenvalue weighted by Gasteiger charge is -2.31. The van der Waals surface area contributed by atoms with E-state index in [0.29, 0.717) is 25.9 Å². The molecule has 2 atom stereocenters. The first-order chi connectivity index (χ1) is 15.4. The Balaban J connectivity index is 1.37. The fourth-order valence-electron chi connectivity index (χ4n) is 4.46. The Morgan fingerprint density at radius 1 is 1.09 bits per heavy atom. The molecule has 0 spiro atoms. The fourth-order valence-corrected chi connectivity index (χ4v) is 6.13. The van der Waals surface area contributed by atoms with E-state index in [0.717, 1.165) is 31.8 Å². The van der Waals surface area contributed by atoms with Crippen LogP contribution in [-0.2, 0) is 32.6 Å². The summed E-state index contributed by atoms with van der Waals surface area (Å²) >= 11 is 0. The summed E-state index contributed by atoms with van der Waals surface area (Å²) in [5.74, 6) is -0.241. The average Bonchev–Trinajstić information content (AvgIpc) is 3.29. The van der Waals surface area contributed by atoms with Crippen LogP contribution in [0, 0.1) is 0 Å². The zero-order chi connectivity index (χ0) is 22.6. The number of morpholine rings is 1. The van der Waals surface area contributed by atoms with Gasteiger partial charge in [-0.05, 0) is 43.0 Å². The summed E-state index contributed by atoms with van der Waals surface area (Å²) < 4.78 is 33.0. The topological polar surface area (TPSA) is 79.0 Å². The van der Waals surface area contributed by atoms with Crippen LogP contribution in [0.25, 0.3) is 0 Å². The Bertz CT molecular complexity index is 1030. The van der Waals surface area contributed by atoms with E-state index < -0.39 is 16.1 Å². The van der Waals surface area contributed by atoms with Crippen LogP contribution in [0.1, 0.15) is 30.9 Å². The number of rotatable bonds is 7. The van der Waals surface area contributed by atoms with Gasteiger partial charge in [0.15, 0.2) is 0 Å². The first kappa shape index (κ1) is 22.9. The van der Waals surface area contributed by atoms with Crippen molar-refractivity contribution in [1.82, 2.24) is 14.5 Å². The smallest absolute Gasteiger partial charge is 0.243 e. The van der Waals surface area contributed by atoms with Gasteiger partial charge >= 0.3 is 0 Å². The zero-order valence-electron chi connectivity index (χ0n) is 18.4. The summed E-state index contributed by atoms with van der Waals surface area (Å²) in [5.41, 5.74) is 2.20. The highest BCUT2D eigenvalue weighted by Crippen LogP contribution is 2.26. The van der Waals surface area contributed by atoms with Crippen LogP contribution >= 0.6 is 0 Å². The maximum absolute atomic E-state index is 13.0. The molecule has 2 fully saturated rings. The molecule has 2 heterocycles. The van der Waals surface area contributed by atoms with Crippen molar-refractivity contribution in [2.24, 2.45) is 0 Å². The molecule has 2 aromatic carbocycles. The number of nitrogens with one attached hydrogen (secondary N) is 1. The van der Waals surface area contributed by atoms with Gasteiger partial charge in [-0.2, -0.15) is 4.31 Å². The van der Waals surface area contributed by atoms with Gasteiger partial charge in [-0.3, -0.25) is 9.69 Å². The van der Waals surface area contributed by atoms with Gasteiger partial charge in [0.25, 0.3) is 0 Å². The molecule has 172 valence electrons. The van der Waals surface area contributed by atoms with E-state index in [2.05, 4.69) is 29.3 Å². The largest absolute Gasteiger partial charge is 0.376 e. The third-order valence-electron chi connectivity index (χ3n) is 6.05. The van der Waals surface area contributed by atoms with Gasteiger partial charge in [-0.15, -0.1) is 0 Å². The molecule has 2 saturated heterocycles. The van der Waals surface area contributed by atoms with Crippen LogP contribution in [-0.4, -0.2) is 61.9 Å². The van der Waals surface area contributed by atoms with E-state index in [4.69, 9.17) is 4.74 Å². The molecule has 0 aliphatic carbocycles. The monoisotopic (exact) mass is 457 g/mol. The van der Waals surface area contributed by atoms with Crippen molar-refractivity contribution in [2.75, 3.05) is 26.2 Å². The van der Waals surface area contributed by atoms with Crippen LogP contribution in [0.5, 0.6) is 0 Å². The summed E-state index contributed by atoms with van der Waals surface area (Å²) in [6, 6.07) is 15.8. The summed E-state index contributed by atoms with van der Waals surface area (Å²) in [6.07, 6.45) is 1.46. The van der Waals surface area contributed by atoms with Crippen molar-refractivity contribution in [3.8, 4) is 0 Å². The molecule has 32 heavy (non-hydrogen) atoms. The SMILES string of the molecule is CC1CN(Cc2cccc(CNC(=O)C3CCCN3S(=O)(=O)c3ccccc3)c2)CCO1. The lowest BCUT2D eigenvalue weighted by atomic mass is 10.1. The minimum absolute atomic E-state index is 0.227. The van der Waals surface area contributed by atoms with Crippen molar-refractivity contribution < 1.29 is 17.9 Å². The molecule has 0 aromatic heterocycles. The fraction of sp³-hybridized carbons (Fsp3) is 0.458. The second-order valence-electron chi connectivity index (χ2n) is 8.54. The number of nitrogens with zero attached hydrogens (tertiary/aromatic N) is 2. The average molecular weight is 458 g/mol. The second kappa shape index (κ2) is 10.1. The summed E-state index contributed by atoms with van der Waals surface area (Å²) in [4.78, 5) is 15.5.